The second-order valence-electron chi connectivity index (χ2n) is 3.71. The third-order valence-corrected chi connectivity index (χ3v) is 3.59. The molecule has 0 bridgehead atoms. The van der Waals surface area contributed by atoms with Crippen LogP contribution in [-0.2, 0) is 0 Å². The van der Waals surface area contributed by atoms with Gasteiger partial charge in [0.05, 0.1) is 10.4 Å². The van der Waals surface area contributed by atoms with Crippen molar-refractivity contribution in [2.24, 2.45) is 0 Å². The lowest BCUT2D eigenvalue weighted by atomic mass is 10.1. The van der Waals surface area contributed by atoms with Gasteiger partial charge in [-0.2, -0.15) is 0 Å². The van der Waals surface area contributed by atoms with Gasteiger partial charge in [-0.1, -0.05) is 12.1 Å². The minimum Gasteiger partial charge on any atom is -0.478 e. The summed E-state index contributed by atoms with van der Waals surface area (Å²) in [6.45, 7) is 0. The van der Waals surface area contributed by atoms with Crippen molar-refractivity contribution in [3.63, 3.8) is 0 Å². The van der Waals surface area contributed by atoms with Crippen LogP contribution in [0.1, 0.15) is 20.0 Å². The van der Waals surface area contributed by atoms with E-state index in [4.69, 9.17) is 5.11 Å². The largest absolute Gasteiger partial charge is 0.478 e. The molecule has 3 nitrogen and oxygen atoms in total. The van der Waals surface area contributed by atoms with E-state index in [1.807, 2.05) is 0 Å². The van der Waals surface area contributed by atoms with Crippen LogP contribution < -0.4 is 0 Å². The molecule has 2 aromatic rings. The number of hydrogen-bond donors (Lipinski definition) is 1. The highest BCUT2D eigenvalue weighted by Gasteiger charge is 2.20. The molecular formula is C13H8F2O3S. The number of hydrogen-bond acceptors (Lipinski definition) is 3. The number of ketones is 1. The molecule has 0 aliphatic carbocycles. The highest BCUT2D eigenvalue weighted by molar-refractivity contribution is 7.17. The van der Waals surface area contributed by atoms with E-state index in [9.17, 15) is 18.4 Å². The van der Waals surface area contributed by atoms with Gasteiger partial charge in [-0.05, 0) is 29.8 Å². The fourth-order valence-corrected chi connectivity index (χ4v) is 2.48. The minimum absolute atomic E-state index is 0.0364. The fourth-order valence-electron chi connectivity index (χ4n) is 1.54. The number of rotatable bonds is 4. The first-order valence-electron chi connectivity index (χ1n) is 5.25. The van der Waals surface area contributed by atoms with Crippen molar-refractivity contribution < 1.29 is 23.5 Å². The number of thiophene rings is 1. The summed E-state index contributed by atoms with van der Waals surface area (Å²) in [5, 5.41) is 8.87. The number of carbonyl (C=O) groups excluding carboxylic acids is 1. The van der Waals surface area contributed by atoms with Crippen LogP contribution in [-0.4, -0.2) is 23.3 Å². The van der Waals surface area contributed by atoms with Crippen LogP contribution >= 0.6 is 11.3 Å². The van der Waals surface area contributed by atoms with Crippen LogP contribution in [0, 0.1) is 0 Å². The average molecular weight is 282 g/mol. The maximum atomic E-state index is 12.3. The Labute approximate surface area is 111 Å². The molecule has 1 heterocycles. The van der Waals surface area contributed by atoms with E-state index >= 15 is 0 Å². The number of halogens is 2. The van der Waals surface area contributed by atoms with Crippen LogP contribution in [0.5, 0.6) is 0 Å². The average Bonchev–Trinajstić information content (AvgIpc) is 2.87. The molecule has 0 fully saturated rings. The number of carboxylic acid groups (broad SMARTS) is 1. The van der Waals surface area contributed by atoms with Gasteiger partial charge in [0.2, 0.25) is 5.78 Å². The molecule has 6 heteroatoms. The first-order chi connectivity index (χ1) is 8.99. The Balaban J connectivity index is 2.35. The molecule has 19 heavy (non-hydrogen) atoms. The van der Waals surface area contributed by atoms with Crippen molar-refractivity contribution in [2.45, 2.75) is 6.43 Å². The normalized spacial score (nSPS) is 10.7. The lowest BCUT2D eigenvalue weighted by molar-refractivity contribution is 0.0681. The zero-order valence-corrected chi connectivity index (χ0v) is 10.3. The predicted molar refractivity (Wildman–Crippen MR) is 67.0 cm³/mol. The lowest BCUT2D eigenvalue weighted by Crippen LogP contribution is -2.07. The molecule has 0 saturated carbocycles. The smallest absolute Gasteiger partial charge is 0.335 e. The van der Waals surface area contributed by atoms with Gasteiger partial charge in [-0.25, -0.2) is 13.6 Å². The van der Waals surface area contributed by atoms with Crippen molar-refractivity contribution in [1.82, 2.24) is 0 Å². The summed E-state index contributed by atoms with van der Waals surface area (Å²) < 4.78 is 24.6. The highest BCUT2D eigenvalue weighted by atomic mass is 32.1. The van der Waals surface area contributed by atoms with Crippen molar-refractivity contribution in [3.8, 4) is 10.4 Å². The summed E-state index contributed by atoms with van der Waals surface area (Å²) in [7, 11) is 0. The van der Waals surface area contributed by atoms with Gasteiger partial charge in [-0.3, -0.25) is 4.79 Å². The van der Waals surface area contributed by atoms with Crippen molar-refractivity contribution in [1.29, 1.82) is 0 Å². The summed E-state index contributed by atoms with van der Waals surface area (Å²) in [5.74, 6) is -2.28. The Morgan fingerprint density at radius 1 is 1.16 bits per heavy atom. The Bertz CT molecular complexity index is 634. The molecule has 2 rings (SSSR count). The summed E-state index contributed by atoms with van der Waals surface area (Å²) >= 11 is 0.920. The zero-order valence-electron chi connectivity index (χ0n) is 9.47. The van der Waals surface area contributed by atoms with Crippen LogP contribution in [0.25, 0.3) is 10.4 Å². The fraction of sp³-hybridized carbons (Fsp3) is 0.0769. The third kappa shape index (κ3) is 2.85. The molecule has 98 valence electrons. The molecule has 1 aromatic heterocycles. The van der Waals surface area contributed by atoms with E-state index < -0.39 is 18.2 Å². The molecule has 0 saturated heterocycles. The molecule has 0 unspecified atom stereocenters. The Hall–Kier alpha value is -2.08. The van der Waals surface area contributed by atoms with E-state index in [0.29, 0.717) is 10.4 Å². The Kier molecular flexibility index (Phi) is 3.71. The zero-order chi connectivity index (χ0) is 14.0. The number of benzene rings is 1. The second kappa shape index (κ2) is 5.27. The maximum absolute atomic E-state index is 12.3. The molecule has 0 aliphatic heterocycles. The van der Waals surface area contributed by atoms with Crippen LogP contribution in [0.3, 0.4) is 0 Å². The van der Waals surface area contributed by atoms with Gasteiger partial charge in [0.25, 0.3) is 0 Å². The van der Waals surface area contributed by atoms with Gasteiger partial charge >= 0.3 is 12.4 Å². The minimum atomic E-state index is -3.03. The van der Waals surface area contributed by atoms with Crippen LogP contribution in [0.4, 0.5) is 8.78 Å². The van der Waals surface area contributed by atoms with Crippen molar-refractivity contribution in [3.05, 3.63) is 46.8 Å². The second-order valence-corrected chi connectivity index (χ2v) is 4.80. The van der Waals surface area contributed by atoms with E-state index in [-0.39, 0.29) is 10.4 Å². The predicted octanol–water partition coefficient (Wildman–Crippen LogP) is 3.56. The van der Waals surface area contributed by atoms with Gasteiger partial charge in [0, 0.05) is 4.88 Å². The number of carboxylic acids is 1. The number of aromatic carboxylic acids is 1. The number of alkyl halides is 2. The summed E-state index contributed by atoms with van der Waals surface area (Å²) in [4.78, 5) is 22.5. The van der Waals surface area contributed by atoms with Gasteiger partial charge in [-0.15, -0.1) is 11.3 Å². The quantitative estimate of drug-likeness (QED) is 0.872. The lowest BCUT2D eigenvalue weighted by Gasteiger charge is -1.99. The topological polar surface area (TPSA) is 54.4 Å². The first-order valence-corrected chi connectivity index (χ1v) is 6.06. The van der Waals surface area contributed by atoms with Gasteiger partial charge in [0.15, 0.2) is 0 Å². The van der Waals surface area contributed by atoms with Gasteiger partial charge in [0.1, 0.15) is 0 Å². The summed E-state index contributed by atoms with van der Waals surface area (Å²) in [6.07, 6.45) is -3.03. The standard InChI is InChI=1S/C13H8F2O3S/c14-12(15)11(16)10-5-4-9(19-10)7-2-1-3-8(6-7)13(17)18/h1-6,12H,(H,17,18). The maximum Gasteiger partial charge on any atom is 0.335 e. The number of carbonyl (C=O) groups is 2. The third-order valence-electron chi connectivity index (χ3n) is 2.44. The molecule has 0 amide bonds. The van der Waals surface area contributed by atoms with Crippen LogP contribution in [0.2, 0.25) is 0 Å². The summed E-state index contributed by atoms with van der Waals surface area (Å²) in [5.41, 5.74) is 0.686. The number of Topliss-reactive ketones (excluding diaryl/α,β-unsaturated/α-hetero) is 1. The molecule has 1 N–H and O–H groups in total. The molecule has 1 aromatic carbocycles. The Morgan fingerprint density at radius 3 is 2.53 bits per heavy atom. The van der Waals surface area contributed by atoms with Crippen molar-refractivity contribution >= 4 is 23.1 Å². The highest BCUT2D eigenvalue weighted by Crippen LogP contribution is 2.29. The van der Waals surface area contributed by atoms with E-state index in [1.54, 1.807) is 12.1 Å². The van der Waals surface area contributed by atoms with Crippen LogP contribution in [0.15, 0.2) is 36.4 Å². The molecular weight excluding hydrogens is 274 g/mol. The van der Waals surface area contributed by atoms with E-state index in [0.717, 1.165) is 11.3 Å². The Morgan fingerprint density at radius 2 is 1.89 bits per heavy atom. The molecule has 0 radical (unpaired) electrons. The van der Waals surface area contributed by atoms with E-state index in [1.165, 1.54) is 24.3 Å². The van der Waals surface area contributed by atoms with Crippen molar-refractivity contribution in [2.75, 3.05) is 0 Å². The first kappa shape index (κ1) is 13.4. The molecule has 0 aliphatic rings. The van der Waals surface area contributed by atoms with E-state index in [2.05, 4.69) is 0 Å². The van der Waals surface area contributed by atoms with Gasteiger partial charge < -0.3 is 5.11 Å². The molecule has 0 spiro atoms. The molecule has 0 atom stereocenters. The monoisotopic (exact) mass is 282 g/mol. The SMILES string of the molecule is O=C(O)c1cccc(-c2ccc(C(=O)C(F)F)s2)c1. The summed E-state index contributed by atoms with van der Waals surface area (Å²) in [6, 6.07) is 8.95.